The topological polar surface area (TPSA) is 18.5 Å². The fourth-order valence-electron chi connectivity index (χ4n) is 2.92. The van der Waals surface area contributed by atoms with E-state index in [0.717, 1.165) is 12.8 Å². The van der Waals surface area contributed by atoms with Crippen LogP contribution in [0, 0.1) is 0 Å². The third-order valence-electron chi connectivity index (χ3n) is 4.44. The number of unbranched alkanes of at least 4 members (excludes halogenated alkanes) is 11. The first-order chi connectivity index (χ1) is 11.5. The Morgan fingerprint density at radius 3 is 1.46 bits per heavy atom. The van der Waals surface area contributed by atoms with Crippen molar-refractivity contribution in [2.24, 2.45) is 0 Å². The molecule has 0 amide bonds. The first-order valence-electron chi connectivity index (χ1n) is 10.8. The molecular weight excluding hydrogens is 296 g/mol. The lowest BCUT2D eigenvalue weighted by molar-refractivity contribution is -0.374. The van der Waals surface area contributed by atoms with Crippen LogP contribution in [0.3, 0.4) is 0 Å². The Balaban J connectivity index is 3.54. The van der Waals surface area contributed by atoms with Gasteiger partial charge in [0.15, 0.2) is 0 Å². The molecule has 1 unspecified atom stereocenters. The van der Waals surface area contributed by atoms with Gasteiger partial charge in [0.05, 0.1) is 11.7 Å². The average Bonchev–Trinajstić information content (AvgIpc) is 2.53. The fraction of sp³-hybridized carbons (Fsp3) is 1.00. The maximum atomic E-state index is 5.70. The monoisotopic (exact) mass is 342 g/mol. The molecule has 0 saturated heterocycles. The molecule has 0 rings (SSSR count). The molecule has 24 heavy (non-hydrogen) atoms. The lowest BCUT2D eigenvalue weighted by atomic mass is 10.0. The van der Waals surface area contributed by atoms with Gasteiger partial charge in [0.1, 0.15) is 0 Å². The van der Waals surface area contributed by atoms with Gasteiger partial charge in [0, 0.05) is 0 Å². The van der Waals surface area contributed by atoms with Crippen molar-refractivity contribution < 1.29 is 9.78 Å². The molecule has 0 aliphatic carbocycles. The molecule has 0 bridgehead atoms. The molecular formula is C22H46O2. The van der Waals surface area contributed by atoms with Crippen LogP contribution in [0.15, 0.2) is 0 Å². The second kappa shape index (κ2) is 16.4. The van der Waals surface area contributed by atoms with Gasteiger partial charge in [0.25, 0.3) is 0 Å². The minimum Gasteiger partial charge on any atom is -0.233 e. The van der Waals surface area contributed by atoms with Gasteiger partial charge in [-0.25, -0.2) is 9.78 Å². The highest BCUT2D eigenvalue weighted by molar-refractivity contribution is 4.60. The molecule has 0 saturated carbocycles. The largest absolute Gasteiger partial charge is 0.233 e. The first kappa shape index (κ1) is 23.9. The molecule has 2 nitrogen and oxygen atoms in total. The highest BCUT2D eigenvalue weighted by Gasteiger charge is 2.16. The van der Waals surface area contributed by atoms with Gasteiger partial charge in [0.2, 0.25) is 0 Å². The highest BCUT2D eigenvalue weighted by atomic mass is 17.2. The van der Waals surface area contributed by atoms with Crippen molar-refractivity contribution in [2.45, 2.75) is 143 Å². The van der Waals surface area contributed by atoms with Crippen LogP contribution in [-0.2, 0) is 9.78 Å². The molecule has 0 aromatic heterocycles. The van der Waals surface area contributed by atoms with Gasteiger partial charge in [-0.3, -0.25) is 0 Å². The minimum atomic E-state index is -0.207. The smallest absolute Gasteiger partial charge is 0.0952 e. The summed E-state index contributed by atoms with van der Waals surface area (Å²) in [5.41, 5.74) is -0.207. The van der Waals surface area contributed by atoms with Crippen LogP contribution in [0.2, 0.25) is 0 Å². The molecule has 0 aliphatic rings. The summed E-state index contributed by atoms with van der Waals surface area (Å²) in [4.78, 5) is 11.2. The number of hydrogen-bond acceptors (Lipinski definition) is 2. The number of rotatable bonds is 17. The maximum Gasteiger partial charge on any atom is 0.0952 e. The summed E-state index contributed by atoms with van der Waals surface area (Å²) in [5, 5.41) is 0. The summed E-state index contributed by atoms with van der Waals surface area (Å²) in [7, 11) is 0. The van der Waals surface area contributed by atoms with Crippen molar-refractivity contribution in [1.29, 1.82) is 0 Å². The Labute approximate surface area is 153 Å². The Morgan fingerprint density at radius 1 is 0.583 bits per heavy atom. The molecule has 0 radical (unpaired) electrons. The normalized spacial score (nSPS) is 13.4. The van der Waals surface area contributed by atoms with Crippen molar-refractivity contribution in [2.75, 3.05) is 0 Å². The third kappa shape index (κ3) is 18.3. The van der Waals surface area contributed by atoms with E-state index in [-0.39, 0.29) is 11.7 Å². The SMILES string of the molecule is CCCCCCCCCCCCCC(CCCC)OOC(C)(C)C. The zero-order chi connectivity index (χ0) is 18.1. The minimum absolute atomic E-state index is 0.207. The van der Waals surface area contributed by atoms with Gasteiger partial charge in [-0.1, -0.05) is 97.3 Å². The fourth-order valence-corrected chi connectivity index (χ4v) is 2.92. The zero-order valence-corrected chi connectivity index (χ0v) is 17.5. The summed E-state index contributed by atoms with van der Waals surface area (Å²) in [6.07, 6.45) is 20.4. The van der Waals surface area contributed by atoms with E-state index in [1.807, 2.05) is 20.8 Å². The second-order valence-corrected chi connectivity index (χ2v) is 8.38. The predicted octanol–water partition coefficient (Wildman–Crippen LogP) is 7.99. The summed E-state index contributed by atoms with van der Waals surface area (Å²) in [5.74, 6) is 0. The maximum absolute atomic E-state index is 5.70. The molecule has 2 heteroatoms. The van der Waals surface area contributed by atoms with Crippen LogP contribution >= 0.6 is 0 Å². The van der Waals surface area contributed by atoms with E-state index in [4.69, 9.17) is 9.78 Å². The Bertz CT molecular complexity index is 245. The summed E-state index contributed by atoms with van der Waals surface area (Å²) in [6, 6.07) is 0. The van der Waals surface area contributed by atoms with Crippen molar-refractivity contribution in [1.82, 2.24) is 0 Å². The van der Waals surface area contributed by atoms with Gasteiger partial charge in [-0.05, 0) is 33.6 Å². The van der Waals surface area contributed by atoms with E-state index in [9.17, 15) is 0 Å². The van der Waals surface area contributed by atoms with Crippen LogP contribution in [0.4, 0.5) is 0 Å². The molecule has 0 aliphatic heterocycles. The van der Waals surface area contributed by atoms with Crippen LogP contribution < -0.4 is 0 Å². The molecule has 0 aromatic carbocycles. The van der Waals surface area contributed by atoms with Gasteiger partial charge in [-0.15, -0.1) is 0 Å². The quantitative estimate of drug-likeness (QED) is 0.151. The highest BCUT2D eigenvalue weighted by Crippen LogP contribution is 2.18. The lowest BCUT2D eigenvalue weighted by Gasteiger charge is -2.23. The van der Waals surface area contributed by atoms with E-state index in [0.29, 0.717) is 0 Å². The lowest BCUT2D eigenvalue weighted by Crippen LogP contribution is -2.24. The van der Waals surface area contributed by atoms with E-state index in [2.05, 4.69) is 13.8 Å². The summed E-state index contributed by atoms with van der Waals surface area (Å²) < 4.78 is 0. The van der Waals surface area contributed by atoms with Crippen molar-refractivity contribution in [3.8, 4) is 0 Å². The predicted molar refractivity (Wildman–Crippen MR) is 106 cm³/mol. The standard InChI is InChI=1S/C22H46O2/c1-6-8-10-11-12-13-14-15-16-17-18-20-21(19-9-7-2)23-24-22(3,4)5/h21H,6-20H2,1-5H3. The summed E-state index contributed by atoms with van der Waals surface area (Å²) >= 11 is 0. The summed E-state index contributed by atoms with van der Waals surface area (Å²) in [6.45, 7) is 10.7. The van der Waals surface area contributed by atoms with E-state index < -0.39 is 0 Å². The van der Waals surface area contributed by atoms with E-state index in [1.165, 1.54) is 83.5 Å². The van der Waals surface area contributed by atoms with Crippen LogP contribution in [0.5, 0.6) is 0 Å². The van der Waals surface area contributed by atoms with E-state index >= 15 is 0 Å². The molecule has 1 atom stereocenters. The van der Waals surface area contributed by atoms with Crippen LogP contribution in [0.1, 0.15) is 131 Å². The third-order valence-corrected chi connectivity index (χ3v) is 4.44. The first-order valence-corrected chi connectivity index (χ1v) is 10.8. The molecule has 0 N–H and O–H groups in total. The zero-order valence-electron chi connectivity index (χ0n) is 17.5. The van der Waals surface area contributed by atoms with E-state index in [1.54, 1.807) is 0 Å². The Kier molecular flexibility index (Phi) is 16.3. The number of hydrogen-bond donors (Lipinski definition) is 0. The molecule has 0 heterocycles. The molecule has 0 aromatic rings. The van der Waals surface area contributed by atoms with Crippen LogP contribution in [0.25, 0.3) is 0 Å². The second-order valence-electron chi connectivity index (χ2n) is 8.38. The Morgan fingerprint density at radius 2 is 1.00 bits per heavy atom. The molecule has 146 valence electrons. The molecule has 0 fully saturated rings. The van der Waals surface area contributed by atoms with Gasteiger partial charge in [-0.2, -0.15) is 0 Å². The van der Waals surface area contributed by atoms with Gasteiger partial charge >= 0.3 is 0 Å². The van der Waals surface area contributed by atoms with Crippen molar-refractivity contribution in [3.05, 3.63) is 0 Å². The average molecular weight is 343 g/mol. The Hall–Kier alpha value is -0.0800. The molecule has 0 spiro atoms. The van der Waals surface area contributed by atoms with Crippen LogP contribution in [-0.4, -0.2) is 11.7 Å². The van der Waals surface area contributed by atoms with Crippen molar-refractivity contribution in [3.63, 3.8) is 0 Å². The van der Waals surface area contributed by atoms with Crippen molar-refractivity contribution >= 4 is 0 Å². The van der Waals surface area contributed by atoms with Gasteiger partial charge < -0.3 is 0 Å².